The highest BCUT2D eigenvalue weighted by atomic mass is 35.5. The molecule has 0 atom stereocenters. The molecule has 0 saturated heterocycles. The third-order valence-electron chi connectivity index (χ3n) is 4.52. The van der Waals surface area contributed by atoms with Crippen LogP contribution in [0.4, 0.5) is 0 Å². The summed E-state index contributed by atoms with van der Waals surface area (Å²) in [6.45, 7) is 0.384. The van der Waals surface area contributed by atoms with Crippen molar-refractivity contribution < 1.29 is 18.8 Å². The fraction of sp³-hybridized carbons (Fsp3) is 0.474. The molecule has 150 valence electrons. The summed E-state index contributed by atoms with van der Waals surface area (Å²) in [5.74, 6) is 0.662. The molecule has 1 aliphatic carbocycles. The van der Waals surface area contributed by atoms with Crippen LogP contribution in [-0.2, 0) is 4.79 Å². The molecule has 2 N–H and O–H groups in total. The molecule has 1 fully saturated rings. The first-order chi connectivity index (χ1) is 13.6. The fourth-order valence-corrected chi connectivity index (χ4v) is 3.16. The largest absolute Gasteiger partial charge is 0.484 e. The molecule has 8 nitrogen and oxygen atoms in total. The maximum atomic E-state index is 12.1. The van der Waals surface area contributed by atoms with Crippen LogP contribution in [0, 0.1) is 0 Å². The number of rotatable bonds is 8. The van der Waals surface area contributed by atoms with Gasteiger partial charge in [-0.05, 0) is 37.1 Å². The normalized spacial score (nSPS) is 14.5. The van der Waals surface area contributed by atoms with Crippen molar-refractivity contribution in [2.75, 3.05) is 19.7 Å². The Morgan fingerprint density at radius 2 is 1.82 bits per heavy atom. The predicted octanol–water partition coefficient (Wildman–Crippen LogP) is 2.70. The fourth-order valence-electron chi connectivity index (χ4n) is 3.04. The lowest BCUT2D eigenvalue weighted by molar-refractivity contribution is -0.123. The molecular formula is C19H23ClN4O4. The molecule has 0 unspecified atom stereocenters. The summed E-state index contributed by atoms with van der Waals surface area (Å²) in [7, 11) is 0. The Balaban J connectivity index is 1.33. The number of carbonyl (C=O) groups excluding carboxylic acids is 2. The van der Waals surface area contributed by atoms with Gasteiger partial charge in [0.1, 0.15) is 5.75 Å². The predicted molar refractivity (Wildman–Crippen MR) is 102 cm³/mol. The minimum Gasteiger partial charge on any atom is -0.484 e. The molecule has 1 heterocycles. The van der Waals surface area contributed by atoms with Crippen molar-refractivity contribution in [1.29, 1.82) is 0 Å². The Bertz CT molecular complexity index is 787. The summed E-state index contributed by atoms with van der Waals surface area (Å²) in [6.07, 6.45) is 5.61. The number of ether oxygens (including phenoxy) is 1. The molecule has 3 rings (SSSR count). The van der Waals surface area contributed by atoms with E-state index in [0.29, 0.717) is 16.6 Å². The third-order valence-corrected chi connectivity index (χ3v) is 4.77. The second-order valence-corrected chi connectivity index (χ2v) is 7.08. The molecule has 0 bridgehead atoms. The van der Waals surface area contributed by atoms with Crippen molar-refractivity contribution >= 4 is 23.4 Å². The summed E-state index contributed by atoms with van der Waals surface area (Å²) in [4.78, 5) is 28.0. The number of carbonyl (C=O) groups is 2. The van der Waals surface area contributed by atoms with E-state index in [1.165, 1.54) is 6.42 Å². The average molecular weight is 407 g/mol. The highest BCUT2D eigenvalue weighted by molar-refractivity contribution is 6.30. The van der Waals surface area contributed by atoms with Crippen LogP contribution in [0.15, 0.2) is 28.8 Å². The quantitative estimate of drug-likeness (QED) is 0.653. The number of amides is 2. The first-order valence-corrected chi connectivity index (χ1v) is 9.76. The molecule has 2 amide bonds. The van der Waals surface area contributed by atoms with Crippen molar-refractivity contribution in [2.45, 2.75) is 38.0 Å². The van der Waals surface area contributed by atoms with Gasteiger partial charge < -0.3 is 19.9 Å². The van der Waals surface area contributed by atoms with Gasteiger partial charge in [0.15, 0.2) is 12.4 Å². The molecule has 2 aromatic rings. The van der Waals surface area contributed by atoms with E-state index in [1.807, 2.05) is 0 Å². The van der Waals surface area contributed by atoms with Crippen LogP contribution in [0.2, 0.25) is 5.02 Å². The number of hydrogen-bond acceptors (Lipinski definition) is 6. The summed E-state index contributed by atoms with van der Waals surface area (Å²) in [5.41, 5.74) is 0. The smallest absolute Gasteiger partial charge is 0.315 e. The zero-order valence-electron chi connectivity index (χ0n) is 15.4. The van der Waals surface area contributed by atoms with Crippen molar-refractivity contribution in [3.8, 4) is 5.75 Å². The Kier molecular flexibility index (Phi) is 7.25. The van der Waals surface area contributed by atoms with Crippen LogP contribution in [0.3, 0.4) is 0 Å². The van der Waals surface area contributed by atoms with Crippen LogP contribution < -0.4 is 15.4 Å². The van der Waals surface area contributed by atoms with Gasteiger partial charge in [0.05, 0.1) is 0 Å². The van der Waals surface area contributed by atoms with Gasteiger partial charge in [-0.15, -0.1) is 0 Å². The lowest BCUT2D eigenvalue weighted by Gasteiger charge is -2.17. The number of nitrogens with one attached hydrogen (secondary N) is 2. The number of nitrogens with zero attached hydrogens (tertiary/aromatic N) is 2. The summed E-state index contributed by atoms with van der Waals surface area (Å²) in [5, 5.41) is 9.83. The molecule has 1 aliphatic rings. The number of benzene rings is 1. The van der Waals surface area contributed by atoms with Crippen molar-refractivity contribution in [1.82, 2.24) is 20.8 Å². The number of halogens is 1. The van der Waals surface area contributed by atoms with Crippen LogP contribution in [0.25, 0.3) is 0 Å². The average Bonchev–Trinajstić information content (AvgIpc) is 3.22. The Labute approximate surface area is 168 Å². The van der Waals surface area contributed by atoms with E-state index >= 15 is 0 Å². The van der Waals surface area contributed by atoms with Crippen LogP contribution in [-0.4, -0.2) is 41.7 Å². The first-order valence-electron chi connectivity index (χ1n) is 9.38. The number of hydrogen-bond donors (Lipinski definition) is 2. The minimum atomic E-state index is -0.443. The second-order valence-electron chi connectivity index (χ2n) is 6.64. The van der Waals surface area contributed by atoms with Crippen molar-refractivity contribution in [2.24, 2.45) is 0 Å². The van der Waals surface area contributed by atoms with Crippen LogP contribution >= 0.6 is 11.6 Å². The molecule has 0 spiro atoms. The van der Waals surface area contributed by atoms with E-state index in [-0.39, 0.29) is 37.4 Å². The molecule has 1 aromatic heterocycles. The van der Waals surface area contributed by atoms with Gasteiger partial charge in [0.2, 0.25) is 0 Å². The Morgan fingerprint density at radius 1 is 1.11 bits per heavy atom. The molecule has 9 heteroatoms. The van der Waals surface area contributed by atoms with E-state index in [1.54, 1.807) is 24.3 Å². The number of aromatic nitrogens is 2. The summed E-state index contributed by atoms with van der Waals surface area (Å²) >= 11 is 5.79. The second kappa shape index (κ2) is 10.1. The Morgan fingerprint density at radius 3 is 2.57 bits per heavy atom. The highest BCUT2D eigenvalue weighted by Crippen LogP contribution is 2.30. The Hall–Kier alpha value is -2.61. The van der Waals surface area contributed by atoms with E-state index in [4.69, 9.17) is 20.9 Å². The van der Waals surface area contributed by atoms with E-state index in [0.717, 1.165) is 25.7 Å². The first kappa shape index (κ1) is 20.1. The summed E-state index contributed by atoms with van der Waals surface area (Å²) < 4.78 is 10.4. The molecule has 1 saturated carbocycles. The van der Waals surface area contributed by atoms with Gasteiger partial charge in [0.25, 0.3) is 5.91 Å². The van der Waals surface area contributed by atoms with Crippen molar-refractivity contribution in [3.05, 3.63) is 41.0 Å². The minimum absolute atomic E-state index is 0.0435. The van der Waals surface area contributed by atoms with Gasteiger partial charge in [-0.25, -0.2) is 0 Å². The molecule has 28 heavy (non-hydrogen) atoms. The van der Waals surface area contributed by atoms with Crippen LogP contribution in [0.5, 0.6) is 5.75 Å². The zero-order chi connectivity index (χ0) is 19.8. The molecule has 1 aromatic carbocycles. The van der Waals surface area contributed by atoms with Crippen LogP contribution in [0.1, 0.15) is 54.5 Å². The maximum absolute atomic E-state index is 12.1. The lowest BCUT2D eigenvalue weighted by Crippen LogP contribution is -2.36. The standard InChI is InChI=1S/C19H23ClN4O4/c20-14-6-8-15(9-7-14)27-12-16(25)21-10-11-22-18(26)19-23-17(24-28-19)13-4-2-1-3-5-13/h6-9,13H,1-5,10-12H2,(H,21,25)(H,22,26). The maximum Gasteiger partial charge on any atom is 0.315 e. The molecule has 0 aliphatic heterocycles. The monoisotopic (exact) mass is 406 g/mol. The van der Waals surface area contributed by atoms with E-state index in [2.05, 4.69) is 20.8 Å². The topological polar surface area (TPSA) is 106 Å². The van der Waals surface area contributed by atoms with Gasteiger partial charge >= 0.3 is 11.8 Å². The molecular weight excluding hydrogens is 384 g/mol. The highest BCUT2D eigenvalue weighted by Gasteiger charge is 2.23. The van der Waals surface area contributed by atoms with Gasteiger partial charge in [0, 0.05) is 24.0 Å². The lowest BCUT2D eigenvalue weighted by atomic mass is 9.89. The molecule has 0 radical (unpaired) electrons. The van der Waals surface area contributed by atoms with Crippen molar-refractivity contribution in [3.63, 3.8) is 0 Å². The van der Waals surface area contributed by atoms with Gasteiger partial charge in [-0.1, -0.05) is 36.0 Å². The van der Waals surface area contributed by atoms with E-state index in [9.17, 15) is 9.59 Å². The van der Waals surface area contributed by atoms with Gasteiger partial charge in [-0.2, -0.15) is 4.98 Å². The SMILES string of the molecule is O=C(COc1ccc(Cl)cc1)NCCNC(=O)c1nc(C2CCCCC2)no1. The summed E-state index contributed by atoms with van der Waals surface area (Å²) in [6, 6.07) is 6.73. The zero-order valence-corrected chi connectivity index (χ0v) is 16.2. The third kappa shape index (κ3) is 5.95. The van der Waals surface area contributed by atoms with Gasteiger partial charge in [-0.3, -0.25) is 9.59 Å². The van der Waals surface area contributed by atoms with E-state index < -0.39 is 5.91 Å².